The van der Waals surface area contributed by atoms with Crippen LogP contribution in [-0.4, -0.2) is 31.6 Å². The van der Waals surface area contributed by atoms with Gasteiger partial charge in [0.2, 0.25) is 0 Å². The van der Waals surface area contributed by atoms with Gasteiger partial charge in [-0.25, -0.2) is 4.79 Å². The summed E-state index contributed by atoms with van der Waals surface area (Å²) in [5, 5.41) is 2.94. The smallest absolute Gasteiger partial charge is 0.342 e. The first-order valence-electron chi connectivity index (χ1n) is 8.10. The van der Waals surface area contributed by atoms with Gasteiger partial charge in [0, 0.05) is 6.04 Å². The molecule has 0 radical (unpaired) electrons. The fourth-order valence-electron chi connectivity index (χ4n) is 2.86. The third kappa shape index (κ3) is 4.98. The maximum absolute atomic E-state index is 12.1. The zero-order chi connectivity index (χ0) is 16.8. The topological polar surface area (TPSA) is 64.6 Å². The Morgan fingerprint density at radius 2 is 1.91 bits per heavy atom. The molecule has 2 rings (SSSR count). The zero-order valence-electron chi connectivity index (χ0n) is 14.1. The third-order valence-corrected chi connectivity index (χ3v) is 4.29. The van der Waals surface area contributed by atoms with Gasteiger partial charge in [-0.1, -0.05) is 18.6 Å². The molecule has 0 saturated heterocycles. The zero-order valence-corrected chi connectivity index (χ0v) is 14.1. The average molecular weight is 319 g/mol. The molecule has 1 amide bonds. The number of hydrogen-bond acceptors (Lipinski definition) is 4. The Morgan fingerprint density at radius 1 is 1.22 bits per heavy atom. The van der Waals surface area contributed by atoms with Crippen molar-refractivity contribution in [3.8, 4) is 5.75 Å². The van der Waals surface area contributed by atoms with Crippen molar-refractivity contribution >= 4 is 11.9 Å². The van der Waals surface area contributed by atoms with Crippen molar-refractivity contribution in [2.75, 3.05) is 13.7 Å². The lowest BCUT2D eigenvalue weighted by molar-refractivity contribution is -0.125. The number of methoxy groups -OCH3 is 1. The first-order chi connectivity index (χ1) is 11.0. The predicted molar refractivity (Wildman–Crippen MR) is 87.6 cm³/mol. The molecule has 1 fully saturated rings. The number of benzene rings is 1. The van der Waals surface area contributed by atoms with Crippen LogP contribution in [0.3, 0.4) is 0 Å². The van der Waals surface area contributed by atoms with E-state index in [0.29, 0.717) is 11.3 Å². The molecule has 0 aromatic heterocycles. The van der Waals surface area contributed by atoms with Crippen molar-refractivity contribution in [1.82, 2.24) is 5.32 Å². The number of esters is 1. The van der Waals surface area contributed by atoms with E-state index >= 15 is 0 Å². The van der Waals surface area contributed by atoms with E-state index in [1.165, 1.54) is 7.11 Å². The van der Waals surface area contributed by atoms with Crippen LogP contribution in [0.1, 0.15) is 48.5 Å². The van der Waals surface area contributed by atoms with Gasteiger partial charge < -0.3 is 14.8 Å². The summed E-state index contributed by atoms with van der Waals surface area (Å²) < 4.78 is 10.3. The van der Waals surface area contributed by atoms with Crippen molar-refractivity contribution in [3.63, 3.8) is 0 Å². The highest BCUT2D eigenvalue weighted by molar-refractivity contribution is 5.94. The molecular formula is C18H25NO4. The molecule has 23 heavy (non-hydrogen) atoms. The van der Waals surface area contributed by atoms with E-state index in [9.17, 15) is 9.59 Å². The molecule has 0 aliphatic heterocycles. The Hall–Kier alpha value is -2.04. The lowest BCUT2D eigenvalue weighted by Gasteiger charge is -2.26. The molecule has 1 saturated carbocycles. The number of carbonyl (C=O) groups is 2. The van der Waals surface area contributed by atoms with Crippen molar-refractivity contribution in [1.29, 1.82) is 0 Å². The summed E-state index contributed by atoms with van der Waals surface area (Å²) in [7, 11) is 1.50. The number of nitrogens with one attached hydrogen (secondary N) is 1. The summed E-state index contributed by atoms with van der Waals surface area (Å²) in [4.78, 5) is 24.1. The van der Waals surface area contributed by atoms with Gasteiger partial charge in [-0.15, -0.1) is 0 Å². The Labute approximate surface area is 137 Å². The van der Waals surface area contributed by atoms with Crippen LogP contribution >= 0.6 is 0 Å². The molecule has 0 unspecified atom stereocenters. The van der Waals surface area contributed by atoms with Gasteiger partial charge >= 0.3 is 5.97 Å². The molecule has 1 N–H and O–H groups in total. The Bertz CT molecular complexity index is 562. The minimum absolute atomic E-state index is 0.200. The van der Waals surface area contributed by atoms with Crippen LogP contribution in [0, 0.1) is 12.8 Å². The summed E-state index contributed by atoms with van der Waals surface area (Å²) in [6.07, 6.45) is 4.25. The number of aryl methyl sites for hydroxylation is 1. The van der Waals surface area contributed by atoms with Gasteiger partial charge in [0.15, 0.2) is 6.61 Å². The molecule has 1 aromatic rings. The van der Waals surface area contributed by atoms with Crippen LogP contribution < -0.4 is 10.1 Å². The Balaban J connectivity index is 1.84. The van der Waals surface area contributed by atoms with E-state index in [4.69, 9.17) is 9.47 Å². The maximum atomic E-state index is 12.1. The van der Waals surface area contributed by atoms with Crippen LogP contribution in [-0.2, 0) is 9.53 Å². The fraction of sp³-hybridized carbons (Fsp3) is 0.556. The number of carbonyl (C=O) groups excluding carboxylic acids is 2. The SMILES string of the molecule is COc1ccc(C)cc1C(=O)OCC(=O)NC1CCC(C)CC1. The summed E-state index contributed by atoms with van der Waals surface area (Å²) in [6.45, 7) is 3.85. The highest BCUT2D eigenvalue weighted by Gasteiger charge is 2.21. The van der Waals surface area contributed by atoms with E-state index in [1.54, 1.807) is 12.1 Å². The van der Waals surface area contributed by atoms with Crippen LogP contribution in [0.2, 0.25) is 0 Å². The second-order valence-corrected chi connectivity index (χ2v) is 6.30. The maximum Gasteiger partial charge on any atom is 0.342 e. The quantitative estimate of drug-likeness (QED) is 0.848. The number of amides is 1. The molecule has 1 aromatic carbocycles. The van der Waals surface area contributed by atoms with Crippen LogP contribution in [0.15, 0.2) is 18.2 Å². The number of ether oxygens (including phenoxy) is 2. The van der Waals surface area contributed by atoms with E-state index < -0.39 is 5.97 Å². The van der Waals surface area contributed by atoms with Gasteiger partial charge in [-0.2, -0.15) is 0 Å². The minimum Gasteiger partial charge on any atom is -0.496 e. The van der Waals surface area contributed by atoms with Gasteiger partial charge in [0.25, 0.3) is 5.91 Å². The summed E-state index contributed by atoms with van der Waals surface area (Å²) in [6, 6.07) is 5.47. The summed E-state index contributed by atoms with van der Waals surface area (Å²) in [5.41, 5.74) is 1.27. The van der Waals surface area contributed by atoms with E-state index in [1.807, 2.05) is 13.0 Å². The number of hydrogen-bond donors (Lipinski definition) is 1. The van der Waals surface area contributed by atoms with Gasteiger partial charge in [-0.3, -0.25) is 4.79 Å². The lowest BCUT2D eigenvalue weighted by atomic mass is 9.87. The third-order valence-electron chi connectivity index (χ3n) is 4.29. The second-order valence-electron chi connectivity index (χ2n) is 6.30. The summed E-state index contributed by atoms with van der Waals surface area (Å²) in [5.74, 6) is 0.388. The van der Waals surface area contributed by atoms with Gasteiger partial charge in [-0.05, 0) is 50.7 Å². The molecule has 0 bridgehead atoms. The van der Waals surface area contributed by atoms with Gasteiger partial charge in [0.1, 0.15) is 11.3 Å². The second kappa shape index (κ2) is 7.99. The van der Waals surface area contributed by atoms with E-state index in [-0.39, 0.29) is 18.6 Å². The highest BCUT2D eigenvalue weighted by atomic mass is 16.5. The molecular weight excluding hydrogens is 294 g/mol. The van der Waals surface area contributed by atoms with Crippen LogP contribution in [0.25, 0.3) is 0 Å². The van der Waals surface area contributed by atoms with Crippen molar-refractivity contribution in [2.24, 2.45) is 5.92 Å². The molecule has 5 heteroatoms. The van der Waals surface area contributed by atoms with Gasteiger partial charge in [0.05, 0.1) is 7.11 Å². The molecule has 1 aliphatic rings. The average Bonchev–Trinajstić information content (AvgIpc) is 2.54. The Kier molecular flexibility index (Phi) is 6.02. The van der Waals surface area contributed by atoms with Crippen molar-refractivity contribution in [3.05, 3.63) is 29.3 Å². The molecule has 5 nitrogen and oxygen atoms in total. The normalized spacial score (nSPS) is 20.7. The highest BCUT2D eigenvalue weighted by Crippen LogP contribution is 2.23. The Morgan fingerprint density at radius 3 is 2.57 bits per heavy atom. The first-order valence-corrected chi connectivity index (χ1v) is 8.10. The standard InChI is InChI=1S/C18H25NO4/c1-12-4-7-14(8-5-12)19-17(20)11-23-18(21)15-10-13(2)6-9-16(15)22-3/h6,9-10,12,14H,4-5,7-8,11H2,1-3H3,(H,19,20). The number of rotatable bonds is 5. The molecule has 0 atom stereocenters. The molecule has 0 spiro atoms. The predicted octanol–water partition coefficient (Wildman–Crippen LogP) is 2.86. The molecule has 1 aliphatic carbocycles. The van der Waals surface area contributed by atoms with Crippen LogP contribution in [0.5, 0.6) is 5.75 Å². The van der Waals surface area contributed by atoms with Crippen molar-refractivity contribution < 1.29 is 19.1 Å². The monoisotopic (exact) mass is 319 g/mol. The minimum atomic E-state index is -0.544. The largest absolute Gasteiger partial charge is 0.496 e. The van der Waals surface area contributed by atoms with Crippen molar-refractivity contribution in [2.45, 2.75) is 45.6 Å². The van der Waals surface area contributed by atoms with E-state index in [0.717, 1.165) is 37.2 Å². The lowest BCUT2D eigenvalue weighted by Crippen LogP contribution is -2.39. The molecule has 126 valence electrons. The molecule has 0 heterocycles. The van der Waals surface area contributed by atoms with Crippen LogP contribution in [0.4, 0.5) is 0 Å². The van der Waals surface area contributed by atoms with E-state index in [2.05, 4.69) is 12.2 Å². The fourth-order valence-corrected chi connectivity index (χ4v) is 2.86. The summed E-state index contributed by atoms with van der Waals surface area (Å²) >= 11 is 0. The first kappa shape index (κ1) is 17.3.